The van der Waals surface area contributed by atoms with Gasteiger partial charge in [0, 0.05) is 0 Å². The standard InChI is InChI=1S/C13H16O3/c1-3-10(9-14)8-11-6-4-5-7-12(11)13(15)16-2/h4-8,14H,3,9H2,1-2H3/b10-8-. The average Bonchev–Trinajstić information content (AvgIpc) is 2.35. The fourth-order valence-electron chi connectivity index (χ4n) is 1.40. The molecular weight excluding hydrogens is 204 g/mol. The van der Waals surface area contributed by atoms with Gasteiger partial charge in [-0.1, -0.05) is 31.2 Å². The zero-order valence-electron chi connectivity index (χ0n) is 9.56. The SMILES string of the molecule is CC/C(=C/c1ccccc1C(=O)OC)CO. The van der Waals surface area contributed by atoms with Crippen LogP contribution in [-0.2, 0) is 4.74 Å². The molecule has 3 heteroatoms. The number of carbonyl (C=O) groups is 1. The number of hydrogen-bond acceptors (Lipinski definition) is 3. The van der Waals surface area contributed by atoms with E-state index in [1.165, 1.54) is 7.11 Å². The van der Waals surface area contributed by atoms with Crippen molar-refractivity contribution in [2.75, 3.05) is 13.7 Å². The van der Waals surface area contributed by atoms with E-state index in [0.717, 1.165) is 17.6 Å². The summed E-state index contributed by atoms with van der Waals surface area (Å²) in [6, 6.07) is 7.18. The van der Waals surface area contributed by atoms with E-state index in [1.807, 2.05) is 25.1 Å². The van der Waals surface area contributed by atoms with Gasteiger partial charge in [-0.3, -0.25) is 0 Å². The van der Waals surface area contributed by atoms with Gasteiger partial charge in [-0.2, -0.15) is 0 Å². The van der Waals surface area contributed by atoms with Crippen LogP contribution in [0.1, 0.15) is 29.3 Å². The minimum atomic E-state index is -0.361. The van der Waals surface area contributed by atoms with Crippen LogP contribution in [0.25, 0.3) is 6.08 Å². The second kappa shape index (κ2) is 6.08. The first kappa shape index (κ1) is 12.5. The van der Waals surface area contributed by atoms with Crippen LogP contribution >= 0.6 is 0 Å². The van der Waals surface area contributed by atoms with Crippen molar-refractivity contribution in [2.24, 2.45) is 0 Å². The third-order valence-electron chi connectivity index (χ3n) is 2.38. The molecule has 0 saturated carbocycles. The van der Waals surface area contributed by atoms with E-state index in [9.17, 15) is 4.79 Å². The van der Waals surface area contributed by atoms with Crippen molar-refractivity contribution in [1.29, 1.82) is 0 Å². The molecule has 1 aromatic carbocycles. The Hall–Kier alpha value is -1.61. The molecule has 0 unspecified atom stereocenters. The number of methoxy groups -OCH3 is 1. The number of hydrogen-bond donors (Lipinski definition) is 1. The Labute approximate surface area is 95.4 Å². The summed E-state index contributed by atoms with van der Waals surface area (Å²) in [4.78, 5) is 11.5. The molecule has 1 N–H and O–H groups in total. The molecule has 16 heavy (non-hydrogen) atoms. The Morgan fingerprint density at radius 3 is 2.69 bits per heavy atom. The average molecular weight is 220 g/mol. The second-order valence-electron chi connectivity index (χ2n) is 3.39. The maximum Gasteiger partial charge on any atom is 0.338 e. The summed E-state index contributed by atoms with van der Waals surface area (Å²) in [5.41, 5.74) is 2.18. The lowest BCUT2D eigenvalue weighted by Crippen LogP contribution is -2.03. The van der Waals surface area contributed by atoms with Gasteiger partial charge >= 0.3 is 5.97 Å². The number of aliphatic hydroxyl groups is 1. The van der Waals surface area contributed by atoms with Crippen LogP contribution in [0.15, 0.2) is 29.8 Å². The highest BCUT2D eigenvalue weighted by molar-refractivity contribution is 5.93. The van der Waals surface area contributed by atoms with Crippen LogP contribution in [0.4, 0.5) is 0 Å². The van der Waals surface area contributed by atoms with E-state index < -0.39 is 0 Å². The smallest absolute Gasteiger partial charge is 0.338 e. The minimum Gasteiger partial charge on any atom is -0.465 e. The van der Waals surface area contributed by atoms with E-state index in [0.29, 0.717) is 5.56 Å². The predicted octanol–water partition coefficient (Wildman–Crippen LogP) is 2.26. The lowest BCUT2D eigenvalue weighted by molar-refractivity contribution is 0.0600. The van der Waals surface area contributed by atoms with Crippen LogP contribution in [0, 0.1) is 0 Å². The first-order valence-corrected chi connectivity index (χ1v) is 5.20. The predicted molar refractivity (Wildman–Crippen MR) is 63.1 cm³/mol. The summed E-state index contributed by atoms with van der Waals surface area (Å²) in [6.07, 6.45) is 2.58. The summed E-state index contributed by atoms with van der Waals surface area (Å²) in [5.74, 6) is -0.361. The highest BCUT2D eigenvalue weighted by atomic mass is 16.5. The normalized spacial score (nSPS) is 11.3. The summed E-state index contributed by atoms with van der Waals surface area (Å²) in [7, 11) is 1.36. The number of carbonyl (C=O) groups excluding carboxylic acids is 1. The summed E-state index contributed by atoms with van der Waals surface area (Å²) < 4.78 is 4.70. The number of benzene rings is 1. The molecule has 0 aliphatic heterocycles. The van der Waals surface area contributed by atoms with Gasteiger partial charge in [-0.25, -0.2) is 4.79 Å². The topological polar surface area (TPSA) is 46.5 Å². The van der Waals surface area contributed by atoms with Crippen molar-refractivity contribution >= 4 is 12.0 Å². The first-order chi connectivity index (χ1) is 7.72. The van der Waals surface area contributed by atoms with Gasteiger partial charge in [0.15, 0.2) is 0 Å². The lowest BCUT2D eigenvalue weighted by atomic mass is 10.0. The highest BCUT2D eigenvalue weighted by Gasteiger charge is 2.09. The second-order valence-corrected chi connectivity index (χ2v) is 3.39. The Balaban J connectivity index is 3.13. The summed E-state index contributed by atoms with van der Waals surface area (Å²) in [5, 5.41) is 9.09. The van der Waals surface area contributed by atoms with E-state index in [2.05, 4.69) is 0 Å². The van der Waals surface area contributed by atoms with Gasteiger partial charge in [-0.15, -0.1) is 0 Å². The third-order valence-corrected chi connectivity index (χ3v) is 2.38. The van der Waals surface area contributed by atoms with Gasteiger partial charge in [0.2, 0.25) is 0 Å². The molecule has 0 fully saturated rings. The van der Waals surface area contributed by atoms with E-state index in [1.54, 1.807) is 12.1 Å². The van der Waals surface area contributed by atoms with Crippen LogP contribution < -0.4 is 0 Å². The zero-order valence-corrected chi connectivity index (χ0v) is 9.56. The summed E-state index contributed by atoms with van der Waals surface area (Å²) >= 11 is 0. The summed E-state index contributed by atoms with van der Waals surface area (Å²) in [6.45, 7) is 1.97. The van der Waals surface area contributed by atoms with Gasteiger partial charge in [0.25, 0.3) is 0 Å². The molecular formula is C13H16O3. The van der Waals surface area contributed by atoms with E-state index >= 15 is 0 Å². The molecule has 0 atom stereocenters. The van der Waals surface area contributed by atoms with Gasteiger partial charge in [0.1, 0.15) is 0 Å². The Morgan fingerprint density at radius 2 is 2.12 bits per heavy atom. The van der Waals surface area contributed by atoms with Crippen molar-refractivity contribution < 1.29 is 14.6 Å². The largest absolute Gasteiger partial charge is 0.465 e. The Kier molecular flexibility index (Phi) is 4.73. The molecule has 0 aliphatic rings. The number of aliphatic hydroxyl groups excluding tert-OH is 1. The molecule has 0 amide bonds. The van der Waals surface area contributed by atoms with Crippen LogP contribution in [-0.4, -0.2) is 24.8 Å². The third kappa shape index (κ3) is 2.94. The van der Waals surface area contributed by atoms with Gasteiger partial charge in [-0.05, 0) is 23.6 Å². The molecule has 1 rings (SSSR count). The Morgan fingerprint density at radius 1 is 1.44 bits per heavy atom. The molecule has 0 spiro atoms. The highest BCUT2D eigenvalue weighted by Crippen LogP contribution is 2.15. The van der Waals surface area contributed by atoms with E-state index in [-0.39, 0.29) is 12.6 Å². The van der Waals surface area contributed by atoms with Gasteiger partial charge < -0.3 is 9.84 Å². The number of esters is 1. The molecule has 0 radical (unpaired) electrons. The molecule has 0 aliphatic carbocycles. The monoisotopic (exact) mass is 220 g/mol. The number of ether oxygens (including phenoxy) is 1. The van der Waals surface area contributed by atoms with Crippen LogP contribution in [0.3, 0.4) is 0 Å². The molecule has 0 saturated heterocycles. The van der Waals surface area contributed by atoms with Crippen molar-refractivity contribution in [3.8, 4) is 0 Å². The van der Waals surface area contributed by atoms with Crippen LogP contribution in [0.2, 0.25) is 0 Å². The fraction of sp³-hybridized carbons (Fsp3) is 0.308. The Bertz CT molecular complexity index is 388. The molecule has 0 bridgehead atoms. The zero-order chi connectivity index (χ0) is 12.0. The first-order valence-electron chi connectivity index (χ1n) is 5.20. The minimum absolute atomic E-state index is 0.00596. The molecule has 3 nitrogen and oxygen atoms in total. The maximum absolute atomic E-state index is 11.5. The van der Waals surface area contributed by atoms with Crippen molar-refractivity contribution in [1.82, 2.24) is 0 Å². The molecule has 0 aromatic heterocycles. The van der Waals surface area contributed by atoms with Crippen molar-refractivity contribution in [3.05, 3.63) is 41.0 Å². The maximum atomic E-state index is 11.5. The molecule has 1 aromatic rings. The van der Waals surface area contributed by atoms with Crippen molar-refractivity contribution in [2.45, 2.75) is 13.3 Å². The molecule has 86 valence electrons. The van der Waals surface area contributed by atoms with E-state index in [4.69, 9.17) is 9.84 Å². The molecule has 0 heterocycles. The van der Waals surface area contributed by atoms with Crippen LogP contribution in [0.5, 0.6) is 0 Å². The quantitative estimate of drug-likeness (QED) is 0.792. The fourth-order valence-corrected chi connectivity index (χ4v) is 1.40. The lowest BCUT2D eigenvalue weighted by Gasteiger charge is -2.05. The number of rotatable bonds is 4. The van der Waals surface area contributed by atoms with Gasteiger partial charge in [0.05, 0.1) is 19.3 Å². The van der Waals surface area contributed by atoms with Crippen molar-refractivity contribution in [3.63, 3.8) is 0 Å².